The molecule has 1 aromatic heterocycles. The Morgan fingerprint density at radius 3 is 2.50 bits per heavy atom. The maximum atomic E-state index is 5.87. The summed E-state index contributed by atoms with van der Waals surface area (Å²) in [5.41, 5.74) is 0. The molecule has 0 saturated carbocycles. The summed E-state index contributed by atoms with van der Waals surface area (Å²) in [4.78, 5) is 0. The minimum absolute atomic E-state index is 0.244. The quantitative estimate of drug-likeness (QED) is 0.912. The van der Waals surface area contributed by atoms with E-state index in [1.165, 1.54) is 0 Å². The summed E-state index contributed by atoms with van der Waals surface area (Å²) in [6, 6.07) is 0.477. The van der Waals surface area contributed by atoms with Crippen molar-refractivity contribution in [1.29, 1.82) is 0 Å². The van der Waals surface area contributed by atoms with Crippen molar-refractivity contribution in [2.75, 3.05) is 0 Å². The second kappa shape index (κ2) is 5.63. The molecule has 0 radical (unpaired) electrons. The summed E-state index contributed by atoms with van der Waals surface area (Å²) in [6.07, 6.45) is 0.556. The van der Waals surface area contributed by atoms with Gasteiger partial charge in [-0.15, -0.1) is 10.2 Å². The first kappa shape index (κ1) is 13.9. The Hall–Kier alpha value is -0.520. The molecule has 1 fully saturated rings. The molecule has 0 aromatic carbocycles. The normalized spacial score (nSPS) is 32.3. The zero-order valence-electron chi connectivity index (χ0n) is 11.8. The molecule has 102 valence electrons. The highest BCUT2D eigenvalue weighted by atomic mass is 32.1. The van der Waals surface area contributed by atoms with Gasteiger partial charge in [-0.25, -0.2) is 0 Å². The van der Waals surface area contributed by atoms with Gasteiger partial charge >= 0.3 is 0 Å². The standard InChI is InChI=1S/C13H23N3OS/c1-7(2)14-6-11-15-16-13(18-11)12-8(3)9(4)17-10(12)5/h7-10,12,14H,6H2,1-5H3. The fraction of sp³-hybridized carbons (Fsp3) is 0.846. The predicted molar refractivity (Wildman–Crippen MR) is 73.8 cm³/mol. The fourth-order valence-corrected chi connectivity index (χ4v) is 3.56. The summed E-state index contributed by atoms with van der Waals surface area (Å²) in [7, 11) is 0. The Morgan fingerprint density at radius 2 is 1.94 bits per heavy atom. The van der Waals surface area contributed by atoms with Gasteiger partial charge in [0.25, 0.3) is 0 Å². The number of ether oxygens (including phenoxy) is 1. The summed E-state index contributed by atoms with van der Waals surface area (Å²) < 4.78 is 5.87. The highest BCUT2D eigenvalue weighted by molar-refractivity contribution is 7.11. The number of nitrogens with one attached hydrogen (secondary N) is 1. The molecule has 5 heteroatoms. The van der Waals surface area contributed by atoms with Gasteiger partial charge in [-0.1, -0.05) is 32.1 Å². The van der Waals surface area contributed by atoms with Crippen LogP contribution in [0.1, 0.15) is 50.6 Å². The first-order valence-corrected chi connectivity index (χ1v) is 7.51. The number of nitrogens with zero attached hydrogens (tertiary/aromatic N) is 2. The lowest BCUT2D eigenvalue weighted by Gasteiger charge is -2.14. The first-order chi connectivity index (χ1) is 8.49. The summed E-state index contributed by atoms with van der Waals surface area (Å²) >= 11 is 1.72. The van der Waals surface area contributed by atoms with Crippen LogP contribution in [0.3, 0.4) is 0 Å². The average Bonchev–Trinajstić information content (AvgIpc) is 2.83. The zero-order chi connectivity index (χ0) is 13.3. The van der Waals surface area contributed by atoms with Crippen molar-refractivity contribution in [3.8, 4) is 0 Å². The second-order valence-electron chi connectivity index (χ2n) is 5.50. The molecule has 0 spiro atoms. The molecule has 1 N–H and O–H groups in total. The molecule has 4 unspecified atom stereocenters. The summed E-state index contributed by atoms with van der Waals surface area (Å²) in [6.45, 7) is 11.6. The van der Waals surface area contributed by atoms with Gasteiger partial charge in [0.15, 0.2) is 0 Å². The number of rotatable bonds is 4. The summed E-state index contributed by atoms with van der Waals surface area (Å²) in [5.74, 6) is 0.907. The molecule has 0 amide bonds. The van der Waals surface area contributed by atoms with Crippen molar-refractivity contribution in [2.24, 2.45) is 5.92 Å². The summed E-state index contributed by atoms with van der Waals surface area (Å²) in [5, 5.41) is 14.2. The van der Waals surface area contributed by atoms with Crippen LogP contribution >= 0.6 is 11.3 Å². The van der Waals surface area contributed by atoms with E-state index in [0.717, 1.165) is 16.6 Å². The molecule has 4 nitrogen and oxygen atoms in total. The van der Waals surface area contributed by atoms with Crippen molar-refractivity contribution < 1.29 is 4.74 Å². The molecule has 1 aromatic rings. The van der Waals surface area contributed by atoms with Gasteiger partial charge in [0, 0.05) is 18.5 Å². The third kappa shape index (κ3) is 2.90. The van der Waals surface area contributed by atoms with E-state index < -0.39 is 0 Å². The highest BCUT2D eigenvalue weighted by Gasteiger charge is 2.39. The minimum Gasteiger partial charge on any atom is -0.375 e. The second-order valence-corrected chi connectivity index (χ2v) is 6.59. The largest absolute Gasteiger partial charge is 0.375 e. The maximum absolute atomic E-state index is 5.87. The van der Waals surface area contributed by atoms with Crippen LogP contribution in [0.4, 0.5) is 0 Å². The number of aromatic nitrogens is 2. The monoisotopic (exact) mass is 269 g/mol. The van der Waals surface area contributed by atoms with Gasteiger partial charge in [0.2, 0.25) is 0 Å². The van der Waals surface area contributed by atoms with E-state index in [0.29, 0.717) is 24.0 Å². The third-order valence-corrected chi connectivity index (χ3v) is 4.70. The molecule has 2 heterocycles. The van der Waals surface area contributed by atoms with Crippen LogP contribution in [-0.2, 0) is 11.3 Å². The van der Waals surface area contributed by atoms with Crippen LogP contribution in [0.2, 0.25) is 0 Å². The van der Waals surface area contributed by atoms with Gasteiger partial charge in [-0.2, -0.15) is 0 Å². The van der Waals surface area contributed by atoms with E-state index >= 15 is 0 Å². The Balaban J connectivity index is 2.05. The number of hydrogen-bond donors (Lipinski definition) is 1. The predicted octanol–water partition coefficient (Wildman–Crippen LogP) is 2.56. The van der Waals surface area contributed by atoms with Crippen LogP contribution in [-0.4, -0.2) is 28.4 Å². The van der Waals surface area contributed by atoms with Crippen LogP contribution in [0.5, 0.6) is 0 Å². The maximum Gasteiger partial charge on any atom is 0.131 e. The molecular formula is C13H23N3OS. The van der Waals surface area contributed by atoms with Crippen molar-refractivity contribution in [3.63, 3.8) is 0 Å². The van der Waals surface area contributed by atoms with Gasteiger partial charge < -0.3 is 10.1 Å². The lowest BCUT2D eigenvalue weighted by molar-refractivity contribution is 0.0556. The zero-order valence-corrected chi connectivity index (χ0v) is 12.6. The van der Waals surface area contributed by atoms with Crippen molar-refractivity contribution in [1.82, 2.24) is 15.5 Å². The topological polar surface area (TPSA) is 47.0 Å². The Labute approximate surface area is 113 Å². The fourth-order valence-electron chi connectivity index (χ4n) is 2.46. The molecule has 18 heavy (non-hydrogen) atoms. The first-order valence-electron chi connectivity index (χ1n) is 6.70. The molecule has 1 saturated heterocycles. The van der Waals surface area contributed by atoms with E-state index in [4.69, 9.17) is 4.74 Å². The SMILES string of the molecule is CC(C)NCc1nnc(C2C(C)OC(C)C2C)s1. The highest BCUT2D eigenvalue weighted by Crippen LogP contribution is 2.40. The van der Waals surface area contributed by atoms with E-state index in [1.807, 2.05) is 0 Å². The average molecular weight is 269 g/mol. The van der Waals surface area contributed by atoms with Crippen molar-refractivity contribution >= 4 is 11.3 Å². The van der Waals surface area contributed by atoms with Gasteiger partial charge in [-0.05, 0) is 19.8 Å². The van der Waals surface area contributed by atoms with Crippen LogP contribution in [0, 0.1) is 5.92 Å². The van der Waals surface area contributed by atoms with Crippen molar-refractivity contribution in [3.05, 3.63) is 10.0 Å². The van der Waals surface area contributed by atoms with E-state index in [2.05, 4.69) is 50.1 Å². The Bertz CT molecular complexity index is 393. The third-order valence-electron chi connectivity index (χ3n) is 3.67. The Kier molecular flexibility index (Phi) is 4.35. The minimum atomic E-state index is 0.244. The lowest BCUT2D eigenvalue weighted by Crippen LogP contribution is -2.21. The molecular weight excluding hydrogens is 246 g/mol. The van der Waals surface area contributed by atoms with Gasteiger partial charge in [-0.3, -0.25) is 0 Å². The molecule has 2 rings (SSSR count). The lowest BCUT2D eigenvalue weighted by atomic mass is 9.90. The van der Waals surface area contributed by atoms with Crippen molar-refractivity contribution in [2.45, 2.75) is 65.3 Å². The molecule has 0 aliphatic carbocycles. The molecule has 4 atom stereocenters. The van der Waals surface area contributed by atoms with Crippen LogP contribution < -0.4 is 5.32 Å². The van der Waals surface area contributed by atoms with Gasteiger partial charge in [0.1, 0.15) is 10.0 Å². The van der Waals surface area contributed by atoms with E-state index in [9.17, 15) is 0 Å². The molecule has 1 aliphatic heterocycles. The molecule has 1 aliphatic rings. The van der Waals surface area contributed by atoms with Crippen LogP contribution in [0.15, 0.2) is 0 Å². The van der Waals surface area contributed by atoms with E-state index in [1.54, 1.807) is 11.3 Å². The molecule has 0 bridgehead atoms. The van der Waals surface area contributed by atoms with E-state index in [-0.39, 0.29) is 6.10 Å². The van der Waals surface area contributed by atoms with Gasteiger partial charge in [0.05, 0.1) is 12.2 Å². The number of hydrogen-bond acceptors (Lipinski definition) is 5. The van der Waals surface area contributed by atoms with Crippen LogP contribution in [0.25, 0.3) is 0 Å². The smallest absolute Gasteiger partial charge is 0.131 e. The Morgan fingerprint density at radius 1 is 1.22 bits per heavy atom.